The largest absolute Gasteiger partial charge is 0.506 e. The molecular weight excluding hydrogens is 1720 g/mol. The zero-order valence-corrected chi connectivity index (χ0v) is 66.7. The van der Waals surface area contributed by atoms with Crippen LogP contribution in [0.5, 0.6) is 35.1 Å². The molecule has 0 spiro atoms. The molecule has 1 radical (unpaired) electrons. The molecule has 32 nitrogen and oxygen atoms in total. The maximum Gasteiger partial charge on any atom is 0.416 e. The molecule has 8 rings (SSSR count). The zero-order valence-electron chi connectivity index (χ0n) is 56.9. The minimum absolute atomic E-state index is 0. The minimum atomic E-state index is -4.60. The number of benzene rings is 5. The van der Waals surface area contributed by atoms with Crippen LogP contribution in [0.25, 0.3) is 0 Å². The number of aromatic hydroxyl groups is 1. The quantitative estimate of drug-likeness (QED) is 0.0193. The number of anilines is 4. The molecule has 557 valence electrons. The summed E-state index contributed by atoms with van der Waals surface area (Å²) >= 11 is 8.09. The molecule has 0 aliphatic heterocycles. The van der Waals surface area contributed by atoms with Gasteiger partial charge in [-0.1, -0.05) is 35.8 Å². The van der Waals surface area contributed by atoms with Crippen LogP contribution in [0.2, 0.25) is 0 Å². The number of carbonyl (C=O) groups is 5. The number of phenolic OH excluding ortho intramolecular Hbond substituents is 1. The van der Waals surface area contributed by atoms with Gasteiger partial charge in [-0.2, -0.15) is 51.8 Å². The summed E-state index contributed by atoms with van der Waals surface area (Å²) in [5.74, 6) is -3.46. The first-order chi connectivity index (χ1) is 48.5. The van der Waals surface area contributed by atoms with Gasteiger partial charge in [0.25, 0.3) is 15.9 Å². The Morgan fingerprint density at radius 3 is 1.81 bits per heavy atom. The van der Waals surface area contributed by atoms with Gasteiger partial charge < -0.3 is 44.3 Å². The molecule has 0 aliphatic carbocycles. The fourth-order valence-corrected chi connectivity index (χ4v) is 12.1. The number of urea groups is 3. The van der Waals surface area contributed by atoms with E-state index in [2.05, 4.69) is 96.3 Å². The first-order valence-electron chi connectivity index (χ1n) is 28.5. The Morgan fingerprint density at radius 2 is 1.29 bits per heavy atom. The summed E-state index contributed by atoms with van der Waals surface area (Å²) in [6, 6.07) is 25.2. The van der Waals surface area contributed by atoms with E-state index in [0.29, 0.717) is 36.3 Å². The zero-order chi connectivity index (χ0) is 78.2. The number of sulfonamides is 2. The van der Waals surface area contributed by atoms with E-state index in [1.165, 1.54) is 85.2 Å². The SMILES string of the molecule is CC(C)c1ccc(NC(=O)N(C)C)cc1.COC(=O)c1ccc(I)cc1S(=O)(=O)NC(=O)Nc1nc(C)nc(OC)n1.COc1cc(OC)nc(NC(=O)NS(=O)(=O)N(C)S(C)(=O)=O)n1.N#Cc1cc(Br)c(O)c(Br)c1.O=C(Nc1ccc(F)cc1F)c1cccnc1Oc1cccc(C(F)(F)F)c1.[Na]. The summed E-state index contributed by atoms with van der Waals surface area (Å²) in [5.41, 5.74) is 1.04. The van der Waals surface area contributed by atoms with Crippen LogP contribution in [0.4, 0.5) is 59.6 Å². The molecule has 0 unspecified atom stereocenters. The molecule has 0 bridgehead atoms. The predicted molar refractivity (Wildman–Crippen MR) is 387 cm³/mol. The Labute approximate surface area is 650 Å². The number of pyridine rings is 1. The third-order valence-electron chi connectivity index (χ3n) is 12.3. The third kappa shape index (κ3) is 29.0. The number of alkyl halides is 3. The van der Waals surface area contributed by atoms with Crippen LogP contribution in [0.3, 0.4) is 0 Å². The Kier molecular flexibility index (Phi) is 35.0. The summed E-state index contributed by atoms with van der Waals surface area (Å²) in [7, 11) is -3.76. The van der Waals surface area contributed by atoms with Gasteiger partial charge in [-0.3, -0.25) is 15.4 Å². The molecule has 7 N–H and O–H groups in total. The fraction of sp³-hybridized carbons (Fsp3) is 0.213. The van der Waals surface area contributed by atoms with Gasteiger partial charge in [0.05, 0.1) is 78.2 Å². The molecule has 44 heteroatoms. The van der Waals surface area contributed by atoms with E-state index in [4.69, 9.17) is 24.2 Å². The van der Waals surface area contributed by atoms with Gasteiger partial charge in [0, 0.05) is 72.2 Å². The first kappa shape index (κ1) is 89.9. The molecule has 0 atom stereocenters. The monoisotopic (exact) mass is 1770 g/mol. The maximum atomic E-state index is 13.7. The number of ether oxygens (including phenoxy) is 5. The molecule has 3 heterocycles. The van der Waals surface area contributed by atoms with E-state index in [1.54, 1.807) is 37.9 Å². The molecule has 0 fully saturated rings. The van der Waals surface area contributed by atoms with Crippen molar-refractivity contribution in [3.05, 3.63) is 179 Å². The van der Waals surface area contributed by atoms with Crippen molar-refractivity contribution in [3.63, 3.8) is 0 Å². The molecule has 7 amide bonds. The van der Waals surface area contributed by atoms with Crippen LogP contribution >= 0.6 is 54.5 Å². The predicted octanol–water partition coefficient (Wildman–Crippen LogP) is 10.6. The number of hydrogen-bond donors (Lipinski definition) is 7. The van der Waals surface area contributed by atoms with Crippen molar-refractivity contribution in [2.24, 2.45) is 0 Å². The summed E-state index contributed by atoms with van der Waals surface area (Å²) in [6.07, 6.45) is -2.62. The normalized spacial score (nSPS) is 10.8. The van der Waals surface area contributed by atoms with Gasteiger partial charge in [0.15, 0.2) is 0 Å². The van der Waals surface area contributed by atoms with E-state index in [1.807, 2.05) is 58.2 Å². The van der Waals surface area contributed by atoms with Gasteiger partial charge in [0.2, 0.25) is 39.6 Å². The topological polar surface area (TPSA) is 434 Å². The molecule has 0 aliphatic rings. The van der Waals surface area contributed by atoms with Crippen molar-refractivity contribution in [2.45, 2.75) is 37.8 Å². The van der Waals surface area contributed by atoms with E-state index >= 15 is 0 Å². The van der Waals surface area contributed by atoms with Crippen molar-refractivity contribution in [3.8, 4) is 41.2 Å². The number of nitriles is 1. The van der Waals surface area contributed by atoms with E-state index < -0.39 is 82.5 Å². The Bertz CT molecular complexity index is 4790. The van der Waals surface area contributed by atoms with Crippen molar-refractivity contribution >= 4 is 168 Å². The van der Waals surface area contributed by atoms with Gasteiger partial charge in [-0.15, -0.1) is 0 Å². The number of rotatable bonds is 17. The molecule has 0 saturated carbocycles. The second kappa shape index (κ2) is 40.9. The van der Waals surface area contributed by atoms with E-state index in [9.17, 15) is 76.3 Å². The van der Waals surface area contributed by atoms with Gasteiger partial charge in [-0.25, -0.2) is 59.2 Å². The maximum absolute atomic E-state index is 13.7. The summed E-state index contributed by atoms with van der Waals surface area (Å²) in [4.78, 5) is 83.3. The molecule has 0 saturated heterocycles. The second-order valence-electron chi connectivity index (χ2n) is 20.4. The number of aryl methyl sites for hydroxylation is 1. The number of nitrogens with zero attached hydrogens (tertiary/aromatic N) is 9. The number of esters is 1. The summed E-state index contributed by atoms with van der Waals surface area (Å²) < 4.78 is 165. The van der Waals surface area contributed by atoms with Crippen molar-refractivity contribution in [1.29, 1.82) is 5.26 Å². The Hall–Kier alpha value is -9.27. The van der Waals surface area contributed by atoms with Crippen LogP contribution in [0.1, 0.15) is 63.0 Å². The Balaban J connectivity index is 0.000000351. The minimum Gasteiger partial charge on any atom is -0.506 e. The average Bonchev–Trinajstić information content (AvgIpc) is 0.801. The number of phenols is 1. The van der Waals surface area contributed by atoms with Crippen molar-refractivity contribution in [1.82, 2.24) is 48.0 Å². The number of carbonyl (C=O) groups excluding carboxylic acids is 5. The first-order valence-corrected chi connectivity index (χ1v) is 35.9. The van der Waals surface area contributed by atoms with E-state index in [0.717, 1.165) is 50.2 Å². The standard InChI is InChI=1S/C19H11F5N2O2.C14H14IN5O6S.C12H18N2O.C9H15N5O7S2.C7H3Br2NO.Na/c20-12-6-7-16(15(21)10-12)26-17(27)14-5-2-8-25-18(14)28-13-4-1-3-11(9-13)19(22,23)24;1-7-16-12(19-14(17-7)26-3)18-13(22)20-27(23,24)10-6-8(15)4-5-9(10)11(21)25-2;1-9(2)10-5-7-11(8-6-10)13-12(15)14(3)4;1-14(22(4,16)17)23(18,19)13-9(15)12-8-10-6(20-2)5-7(11-8)21-3;8-5-1-4(3-10)2-6(9)7(5)11;/h1-10H,(H,26,27);4-6H,1-3H3,(H2,16,17,18,19,20,22);5-9H,1-4H3,(H,13,15);5H,1-4H3,(H2,10,11,12,13,15);1-2,11H;. The number of hydrogen-bond acceptors (Lipinski definition) is 24. The van der Waals surface area contributed by atoms with Crippen LogP contribution < -0.4 is 49.7 Å². The van der Waals surface area contributed by atoms with Crippen molar-refractivity contribution < 1.29 is 100.0 Å². The molecule has 8 aromatic rings. The van der Waals surface area contributed by atoms with Crippen LogP contribution in [-0.2, 0) is 41.2 Å². The molecule has 5 aromatic carbocycles. The number of halogens is 8. The van der Waals surface area contributed by atoms with Crippen LogP contribution in [0.15, 0.2) is 135 Å². The van der Waals surface area contributed by atoms with E-state index in [-0.39, 0.29) is 109 Å². The molecule has 105 heavy (non-hydrogen) atoms. The smallest absolute Gasteiger partial charge is 0.416 e. The number of methoxy groups -OCH3 is 4. The summed E-state index contributed by atoms with van der Waals surface area (Å²) in [5, 5.41) is 26.9. The Morgan fingerprint density at radius 1 is 0.695 bits per heavy atom. The third-order valence-corrected chi connectivity index (χ3v) is 19.0. The number of aromatic nitrogens is 6. The number of amides is 7. The van der Waals surface area contributed by atoms with Crippen LogP contribution in [-0.4, -0.2) is 184 Å². The average molecular weight is 1780 g/mol. The summed E-state index contributed by atoms with van der Waals surface area (Å²) in [6.45, 7) is 5.83. The van der Waals surface area contributed by atoms with Gasteiger partial charge in [-0.05, 0) is 158 Å². The van der Waals surface area contributed by atoms with Gasteiger partial charge in [0.1, 0.15) is 39.4 Å². The van der Waals surface area contributed by atoms with Gasteiger partial charge >= 0.3 is 46.5 Å². The fourth-order valence-electron chi connectivity index (χ4n) is 7.15. The molecular formula is C61H61Br2F5IN15NaO17S3. The van der Waals surface area contributed by atoms with Crippen LogP contribution in [0, 0.1) is 33.5 Å². The van der Waals surface area contributed by atoms with Crippen molar-refractivity contribution in [2.75, 3.05) is 77.1 Å². The molecule has 3 aromatic heterocycles. The number of nitrogens with one attached hydrogen (secondary N) is 6. The second-order valence-corrected chi connectivity index (χ2v) is 29.0.